The van der Waals surface area contributed by atoms with Crippen LogP contribution >= 0.6 is 23.5 Å². The number of rotatable bonds is 11. The second-order valence-electron chi connectivity index (χ2n) is 10.9. The Morgan fingerprint density at radius 3 is 2.62 bits per heavy atom. The average molecular weight is 585 g/mol. The lowest BCUT2D eigenvalue weighted by molar-refractivity contribution is -0.124. The molecule has 12 heteroatoms. The Kier molecular flexibility index (Phi) is 10.8. The van der Waals surface area contributed by atoms with Crippen molar-refractivity contribution in [2.45, 2.75) is 81.4 Å². The highest BCUT2D eigenvalue weighted by molar-refractivity contribution is 7.99. The molecule has 1 aromatic rings. The second-order valence-corrected chi connectivity index (χ2v) is 12.4. The van der Waals surface area contributed by atoms with Gasteiger partial charge in [0.2, 0.25) is 17.7 Å². The highest BCUT2D eigenvalue weighted by atomic mass is 35.5. The molecule has 0 aromatic heterocycles. The zero-order valence-corrected chi connectivity index (χ0v) is 23.7. The molecule has 214 valence electrons. The fourth-order valence-electron chi connectivity index (χ4n) is 4.80. The minimum absolute atomic E-state index is 0.0499. The van der Waals surface area contributed by atoms with Gasteiger partial charge in [-0.25, -0.2) is 13.6 Å². The largest absolute Gasteiger partial charge is 0.448 e. The summed E-state index contributed by atoms with van der Waals surface area (Å²) in [5.74, 6) is -3.84. The van der Waals surface area contributed by atoms with Crippen LogP contribution in [-0.4, -0.2) is 48.3 Å². The first-order valence-electron chi connectivity index (χ1n) is 13.1. The number of hydrogen-bond acceptors (Lipinski definition) is 6. The third kappa shape index (κ3) is 9.53. The van der Waals surface area contributed by atoms with Crippen molar-refractivity contribution >= 4 is 41.5 Å². The van der Waals surface area contributed by atoms with Crippen molar-refractivity contribution in [1.82, 2.24) is 15.4 Å². The van der Waals surface area contributed by atoms with Crippen LogP contribution in [0.5, 0.6) is 0 Å². The number of carbonyl (C=O) groups is 3. The Morgan fingerprint density at radius 1 is 1.28 bits per heavy atom. The summed E-state index contributed by atoms with van der Waals surface area (Å²) in [6, 6.07) is 8.39. The molecule has 2 aliphatic rings. The molecule has 39 heavy (non-hydrogen) atoms. The Morgan fingerprint density at radius 2 is 2.00 bits per heavy atom. The average Bonchev–Trinajstić information content (AvgIpc) is 3.29. The molecule has 1 aliphatic heterocycles. The summed E-state index contributed by atoms with van der Waals surface area (Å²) in [7, 11) is 0. The van der Waals surface area contributed by atoms with Crippen LogP contribution in [0.1, 0.15) is 64.4 Å². The van der Waals surface area contributed by atoms with E-state index < -0.39 is 34.6 Å². The van der Waals surface area contributed by atoms with Crippen LogP contribution in [0.15, 0.2) is 24.3 Å². The first-order chi connectivity index (χ1) is 18.4. The molecular weight excluding hydrogens is 550 g/mol. The Balaban J connectivity index is 1.59. The summed E-state index contributed by atoms with van der Waals surface area (Å²) < 4.78 is 35.3. The zero-order valence-electron chi connectivity index (χ0n) is 22.1. The van der Waals surface area contributed by atoms with E-state index in [-0.39, 0.29) is 62.9 Å². The third-order valence-electron chi connectivity index (χ3n) is 7.29. The fraction of sp³-hybridized carbons (Fsp3) is 0.630. The zero-order chi connectivity index (χ0) is 28.6. The van der Waals surface area contributed by atoms with Gasteiger partial charge in [-0.15, -0.1) is 0 Å². The van der Waals surface area contributed by atoms with Crippen molar-refractivity contribution in [1.29, 1.82) is 5.26 Å². The lowest BCUT2D eigenvalue weighted by Gasteiger charge is -2.30. The van der Waals surface area contributed by atoms with Crippen LogP contribution in [0.3, 0.4) is 0 Å². The number of hydrogen-bond donors (Lipinski definition) is 3. The van der Waals surface area contributed by atoms with Crippen molar-refractivity contribution in [3.63, 3.8) is 0 Å². The van der Waals surface area contributed by atoms with Crippen LogP contribution < -0.4 is 15.4 Å². The van der Waals surface area contributed by atoms with Gasteiger partial charge in [-0.05, 0) is 67.7 Å². The first kappa shape index (κ1) is 31.0. The molecule has 0 radical (unpaired) electrons. The van der Waals surface area contributed by atoms with E-state index >= 15 is 0 Å². The van der Waals surface area contributed by atoms with Gasteiger partial charge in [-0.3, -0.25) is 14.3 Å². The number of nitrogens with one attached hydrogen (secondary N) is 3. The molecule has 1 heterocycles. The predicted octanol–water partition coefficient (Wildman–Crippen LogP) is 5.11. The van der Waals surface area contributed by atoms with Gasteiger partial charge in [0.15, 0.2) is 0 Å². The van der Waals surface area contributed by atoms with Gasteiger partial charge in [0, 0.05) is 35.7 Å². The number of benzene rings is 1. The normalized spacial score (nSPS) is 20.8. The molecule has 0 bridgehead atoms. The van der Waals surface area contributed by atoms with Gasteiger partial charge < -0.3 is 15.4 Å². The van der Waals surface area contributed by atoms with Crippen LogP contribution in [0.4, 0.5) is 13.6 Å². The molecule has 0 unspecified atom stereocenters. The van der Waals surface area contributed by atoms with Crippen LogP contribution in [0.2, 0.25) is 5.02 Å². The summed E-state index contributed by atoms with van der Waals surface area (Å²) in [5, 5.41) is 14.7. The number of amides is 3. The molecular formula is C27H35ClF2N4O4S. The van der Waals surface area contributed by atoms with Gasteiger partial charge in [0.05, 0.1) is 6.07 Å². The standard InChI is InChI=1S/C27H35ClF2N4O4S/c1-26(2,19-4-3-5-20(28)14-19)16-38-25(37)34-39-22(12-17-6-9-27(29,30)10-7-17)24(36)33-21(15-31)13-18-8-11-32-23(18)35/h3-5,14,17-18,21-22H,6-13,16H2,1-2H3,(H,32,35)(H,33,36)(H,34,37)/t18-,21-,22-/m0/s1. The third-order valence-corrected chi connectivity index (χ3v) is 8.50. The number of nitriles is 1. The highest BCUT2D eigenvalue weighted by Crippen LogP contribution is 2.39. The number of ether oxygens (including phenoxy) is 1. The Bertz CT molecular complexity index is 1070. The Labute approximate surface area is 237 Å². The molecule has 3 rings (SSSR count). The smallest absolute Gasteiger partial charge is 0.417 e. The van der Waals surface area contributed by atoms with E-state index in [0.29, 0.717) is 18.0 Å². The topological polar surface area (TPSA) is 120 Å². The molecule has 3 atom stereocenters. The van der Waals surface area contributed by atoms with E-state index in [1.165, 1.54) is 0 Å². The molecule has 1 aromatic carbocycles. The van der Waals surface area contributed by atoms with Crippen LogP contribution in [-0.2, 0) is 19.7 Å². The summed E-state index contributed by atoms with van der Waals surface area (Å²) >= 11 is 6.92. The molecule has 3 N–H and O–H groups in total. The van der Waals surface area contributed by atoms with Crippen molar-refractivity contribution in [3.8, 4) is 6.07 Å². The van der Waals surface area contributed by atoms with Gasteiger partial charge in [-0.1, -0.05) is 37.6 Å². The van der Waals surface area contributed by atoms with Gasteiger partial charge >= 0.3 is 6.09 Å². The summed E-state index contributed by atoms with van der Waals surface area (Å²) in [6.07, 6.45) is 0.296. The Hall–Kier alpha value is -2.58. The van der Waals surface area contributed by atoms with E-state index in [1.807, 2.05) is 32.0 Å². The molecule has 3 amide bonds. The van der Waals surface area contributed by atoms with Crippen molar-refractivity contribution in [3.05, 3.63) is 34.9 Å². The monoisotopic (exact) mass is 584 g/mol. The summed E-state index contributed by atoms with van der Waals surface area (Å²) in [6.45, 7) is 4.39. The second kappa shape index (κ2) is 13.7. The van der Waals surface area contributed by atoms with Crippen LogP contribution in [0.25, 0.3) is 0 Å². The highest BCUT2D eigenvalue weighted by Gasteiger charge is 2.37. The minimum Gasteiger partial charge on any atom is -0.448 e. The summed E-state index contributed by atoms with van der Waals surface area (Å²) in [4.78, 5) is 37.6. The van der Waals surface area contributed by atoms with E-state index in [0.717, 1.165) is 17.5 Å². The lowest BCUT2D eigenvalue weighted by atomic mass is 9.84. The van der Waals surface area contributed by atoms with Gasteiger partial charge in [-0.2, -0.15) is 5.26 Å². The lowest BCUT2D eigenvalue weighted by Crippen LogP contribution is -2.43. The first-order valence-corrected chi connectivity index (χ1v) is 14.3. The maximum Gasteiger partial charge on any atom is 0.417 e. The van der Waals surface area contributed by atoms with E-state index in [4.69, 9.17) is 16.3 Å². The summed E-state index contributed by atoms with van der Waals surface area (Å²) in [5.41, 5.74) is 0.365. The maximum atomic E-state index is 13.7. The number of halogens is 3. The molecule has 8 nitrogen and oxygen atoms in total. The predicted molar refractivity (Wildman–Crippen MR) is 145 cm³/mol. The maximum absolute atomic E-state index is 13.7. The van der Waals surface area contributed by atoms with E-state index in [2.05, 4.69) is 15.4 Å². The van der Waals surface area contributed by atoms with E-state index in [9.17, 15) is 28.4 Å². The number of alkyl halides is 2. The molecule has 0 spiro atoms. The van der Waals surface area contributed by atoms with Crippen molar-refractivity contribution in [2.75, 3.05) is 13.2 Å². The van der Waals surface area contributed by atoms with Crippen molar-refractivity contribution < 1.29 is 27.9 Å². The van der Waals surface area contributed by atoms with Crippen molar-refractivity contribution in [2.24, 2.45) is 11.8 Å². The van der Waals surface area contributed by atoms with Gasteiger partial charge in [0.25, 0.3) is 0 Å². The molecule has 1 saturated carbocycles. The quantitative estimate of drug-likeness (QED) is 0.311. The number of carbonyl (C=O) groups excluding carboxylic acids is 3. The van der Waals surface area contributed by atoms with E-state index in [1.54, 1.807) is 12.1 Å². The number of nitrogens with zero attached hydrogens (tertiary/aromatic N) is 1. The molecule has 2 fully saturated rings. The van der Waals surface area contributed by atoms with Crippen LogP contribution in [0, 0.1) is 23.2 Å². The van der Waals surface area contributed by atoms with Gasteiger partial charge in [0.1, 0.15) is 17.9 Å². The SMILES string of the molecule is CC(C)(COC(=O)NS[C@@H](CC1CCC(F)(F)CC1)C(=O)N[C@H](C#N)C[C@@H]1CCNC1=O)c1cccc(Cl)c1. The molecule has 1 saturated heterocycles. The fourth-order valence-corrected chi connectivity index (χ4v) is 5.83. The molecule has 1 aliphatic carbocycles. The minimum atomic E-state index is -2.70.